The molecule has 0 spiro atoms. The molecule has 3 aromatic rings. The number of hydrogen-bond donors (Lipinski definition) is 1. The molecule has 0 radical (unpaired) electrons. The van der Waals surface area contributed by atoms with Crippen molar-refractivity contribution < 1.29 is 0 Å². The zero-order valence-electron chi connectivity index (χ0n) is 8.42. The summed E-state index contributed by atoms with van der Waals surface area (Å²) in [6.07, 6.45) is 3.51. The third-order valence-electron chi connectivity index (χ3n) is 2.52. The van der Waals surface area contributed by atoms with Gasteiger partial charge in [-0.3, -0.25) is 0 Å². The molecule has 78 valence electrons. The predicted octanol–water partition coefficient (Wildman–Crippen LogP) is 2.94. The molecule has 0 bridgehead atoms. The van der Waals surface area contributed by atoms with E-state index < -0.39 is 0 Å². The van der Waals surface area contributed by atoms with Gasteiger partial charge in [-0.2, -0.15) is 11.3 Å². The Labute approximate surface area is 96.6 Å². The lowest BCUT2D eigenvalue weighted by atomic mass is 10.1. The highest BCUT2D eigenvalue weighted by Crippen LogP contribution is 2.31. The molecule has 3 rings (SSSR count). The minimum atomic E-state index is 0.693. The van der Waals surface area contributed by atoms with Gasteiger partial charge in [0.15, 0.2) is 5.65 Å². The van der Waals surface area contributed by atoms with Crippen LogP contribution in [-0.2, 0) is 0 Å². The molecule has 16 heavy (non-hydrogen) atoms. The summed E-state index contributed by atoms with van der Waals surface area (Å²) in [6, 6.07) is 5.86. The van der Waals surface area contributed by atoms with Crippen LogP contribution in [0.15, 0.2) is 41.4 Å². The molecule has 3 nitrogen and oxygen atoms in total. The summed E-state index contributed by atoms with van der Waals surface area (Å²) in [5, 5.41) is 5.00. The van der Waals surface area contributed by atoms with Crippen LogP contribution in [0, 0.1) is 0 Å². The van der Waals surface area contributed by atoms with Gasteiger partial charge in [0.05, 0.1) is 5.69 Å². The smallest absolute Gasteiger partial charge is 0.161 e. The zero-order chi connectivity index (χ0) is 11.0. The van der Waals surface area contributed by atoms with Crippen molar-refractivity contribution in [3.63, 3.8) is 0 Å². The highest BCUT2D eigenvalue weighted by molar-refractivity contribution is 7.08. The minimum Gasteiger partial charge on any atom is -0.398 e. The molecule has 0 aliphatic rings. The Morgan fingerprint density at radius 2 is 2.12 bits per heavy atom. The molecule has 4 heteroatoms. The van der Waals surface area contributed by atoms with Crippen molar-refractivity contribution in [2.45, 2.75) is 0 Å². The van der Waals surface area contributed by atoms with Crippen LogP contribution in [0.1, 0.15) is 0 Å². The largest absolute Gasteiger partial charge is 0.398 e. The van der Waals surface area contributed by atoms with Gasteiger partial charge in [-0.15, -0.1) is 0 Å². The van der Waals surface area contributed by atoms with E-state index in [0.29, 0.717) is 5.65 Å². The van der Waals surface area contributed by atoms with Crippen molar-refractivity contribution in [1.82, 2.24) is 9.97 Å². The number of nitrogens with two attached hydrogens (primary N) is 1. The third kappa shape index (κ3) is 1.35. The molecule has 0 fully saturated rings. The highest BCUT2D eigenvalue weighted by atomic mass is 32.1. The third-order valence-corrected chi connectivity index (χ3v) is 3.20. The van der Waals surface area contributed by atoms with E-state index in [-0.39, 0.29) is 0 Å². The minimum absolute atomic E-state index is 0.693. The molecule has 0 saturated heterocycles. The molecule has 3 aromatic heterocycles. The maximum Gasteiger partial charge on any atom is 0.161 e. The monoisotopic (exact) mass is 227 g/mol. The van der Waals surface area contributed by atoms with Crippen LogP contribution in [0.4, 0.5) is 5.69 Å². The van der Waals surface area contributed by atoms with E-state index in [0.717, 1.165) is 22.2 Å². The Morgan fingerprint density at radius 3 is 2.94 bits per heavy atom. The van der Waals surface area contributed by atoms with E-state index in [4.69, 9.17) is 5.73 Å². The van der Waals surface area contributed by atoms with Crippen molar-refractivity contribution in [2.75, 3.05) is 5.73 Å². The lowest BCUT2D eigenvalue weighted by Crippen LogP contribution is -1.94. The normalized spacial score (nSPS) is 10.8. The highest BCUT2D eigenvalue weighted by Gasteiger charge is 2.07. The molecule has 0 saturated carbocycles. The van der Waals surface area contributed by atoms with E-state index in [1.165, 1.54) is 0 Å². The number of nitrogens with zero attached hydrogens (tertiary/aromatic N) is 2. The maximum absolute atomic E-state index is 6.13. The van der Waals surface area contributed by atoms with Crippen LogP contribution >= 0.6 is 11.3 Å². The fourth-order valence-corrected chi connectivity index (χ4v) is 2.35. The molecule has 3 heterocycles. The molecular formula is C12H9N3S. The van der Waals surface area contributed by atoms with Crippen molar-refractivity contribution in [1.29, 1.82) is 0 Å². The molecule has 0 aliphatic heterocycles. The van der Waals surface area contributed by atoms with E-state index in [1.54, 1.807) is 23.7 Å². The number of anilines is 1. The lowest BCUT2D eigenvalue weighted by Gasteiger charge is -2.05. The summed E-state index contributed by atoms with van der Waals surface area (Å²) in [4.78, 5) is 8.49. The van der Waals surface area contributed by atoms with Gasteiger partial charge >= 0.3 is 0 Å². The fraction of sp³-hybridized carbons (Fsp3) is 0. The number of fused-ring (bicyclic) bond motifs is 1. The van der Waals surface area contributed by atoms with Crippen molar-refractivity contribution in [3.8, 4) is 11.1 Å². The van der Waals surface area contributed by atoms with Crippen LogP contribution in [0.5, 0.6) is 0 Å². The van der Waals surface area contributed by atoms with Crippen molar-refractivity contribution in [3.05, 3.63) is 41.4 Å². The van der Waals surface area contributed by atoms with E-state index in [2.05, 4.69) is 15.3 Å². The molecule has 2 N–H and O–H groups in total. The van der Waals surface area contributed by atoms with Gasteiger partial charge in [0, 0.05) is 23.3 Å². The second kappa shape index (κ2) is 3.57. The molecule has 0 aromatic carbocycles. The van der Waals surface area contributed by atoms with Crippen molar-refractivity contribution in [2.24, 2.45) is 0 Å². The second-order valence-corrected chi connectivity index (χ2v) is 4.25. The van der Waals surface area contributed by atoms with Gasteiger partial charge < -0.3 is 5.73 Å². The second-order valence-electron chi connectivity index (χ2n) is 3.47. The summed E-state index contributed by atoms with van der Waals surface area (Å²) in [5.74, 6) is 0. The first-order valence-electron chi connectivity index (χ1n) is 4.88. The summed E-state index contributed by atoms with van der Waals surface area (Å²) in [7, 11) is 0. The van der Waals surface area contributed by atoms with Crippen LogP contribution < -0.4 is 5.73 Å². The Hall–Kier alpha value is -1.94. The number of rotatable bonds is 1. The summed E-state index contributed by atoms with van der Waals surface area (Å²) >= 11 is 1.65. The Balaban J connectivity index is 2.32. The summed E-state index contributed by atoms with van der Waals surface area (Å²) < 4.78 is 0. The van der Waals surface area contributed by atoms with Gasteiger partial charge in [0.1, 0.15) is 0 Å². The molecule has 0 amide bonds. The van der Waals surface area contributed by atoms with Gasteiger partial charge in [-0.25, -0.2) is 9.97 Å². The summed E-state index contributed by atoms with van der Waals surface area (Å²) in [5.41, 5.74) is 9.66. The maximum atomic E-state index is 6.13. The number of pyridine rings is 2. The number of aromatic nitrogens is 2. The Bertz CT molecular complexity index is 632. The Morgan fingerprint density at radius 1 is 1.19 bits per heavy atom. The number of thiophene rings is 1. The lowest BCUT2D eigenvalue weighted by molar-refractivity contribution is 1.29. The first kappa shape index (κ1) is 9.30. The molecule has 0 aliphatic carbocycles. The van der Waals surface area contributed by atoms with E-state index >= 15 is 0 Å². The van der Waals surface area contributed by atoms with Crippen LogP contribution in [0.2, 0.25) is 0 Å². The quantitative estimate of drug-likeness (QED) is 0.695. The van der Waals surface area contributed by atoms with Gasteiger partial charge in [0.2, 0.25) is 0 Å². The topological polar surface area (TPSA) is 51.8 Å². The standard InChI is InChI=1S/C12H9N3S/c13-11-9-2-1-4-14-12(9)15-6-10(11)8-3-5-16-7-8/h1-7H,(H2,13,14,15). The fourth-order valence-electron chi connectivity index (χ4n) is 1.70. The first-order valence-corrected chi connectivity index (χ1v) is 5.82. The summed E-state index contributed by atoms with van der Waals surface area (Å²) in [6.45, 7) is 0. The average molecular weight is 227 g/mol. The number of hydrogen-bond acceptors (Lipinski definition) is 4. The van der Waals surface area contributed by atoms with Gasteiger partial charge in [-0.1, -0.05) is 0 Å². The predicted molar refractivity (Wildman–Crippen MR) is 67.3 cm³/mol. The first-order chi connectivity index (χ1) is 7.86. The Kier molecular flexibility index (Phi) is 2.08. The molecule has 0 unspecified atom stereocenters. The van der Waals surface area contributed by atoms with Crippen molar-refractivity contribution >= 4 is 28.1 Å². The average Bonchev–Trinajstić information content (AvgIpc) is 2.83. The van der Waals surface area contributed by atoms with E-state index in [1.807, 2.05) is 23.6 Å². The van der Waals surface area contributed by atoms with Crippen LogP contribution in [0.25, 0.3) is 22.2 Å². The van der Waals surface area contributed by atoms with Crippen LogP contribution in [0.3, 0.4) is 0 Å². The SMILES string of the molecule is Nc1c(-c2ccsc2)cnc2ncccc12. The number of nitrogen functional groups attached to an aromatic ring is 1. The zero-order valence-corrected chi connectivity index (χ0v) is 9.24. The van der Waals surface area contributed by atoms with Gasteiger partial charge in [0.25, 0.3) is 0 Å². The van der Waals surface area contributed by atoms with E-state index in [9.17, 15) is 0 Å². The van der Waals surface area contributed by atoms with Gasteiger partial charge in [-0.05, 0) is 34.5 Å². The molecule has 0 atom stereocenters. The molecular weight excluding hydrogens is 218 g/mol. The van der Waals surface area contributed by atoms with Crippen LogP contribution in [-0.4, -0.2) is 9.97 Å².